The minimum absolute atomic E-state index is 0.0598. The fourth-order valence-corrected chi connectivity index (χ4v) is 4.16. The summed E-state index contributed by atoms with van der Waals surface area (Å²) in [4.78, 5) is 2.17. The van der Waals surface area contributed by atoms with Crippen LogP contribution in [0.4, 0.5) is 0 Å². The van der Waals surface area contributed by atoms with E-state index in [4.69, 9.17) is 31.2 Å². The van der Waals surface area contributed by atoms with E-state index in [2.05, 4.69) is 4.90 Å². The highest BCUT2D eigenvalue weighted by Crippen LogP contribution is 2.47. The van der Waals surface area contributed by atoms with Gasteiger partial charge in [0.1, 0.15) is 22.6 Å². The molecule has 3 aliphatic rings. The molecule has 7 heteroatoms. The van der Waals surface area contributed by atoms with E-state index in [0.717, 1.165) is 9.88 Å². The number of hydrogen-bond acceptors (Lipinski definition) is 6. The number of thioether (sulfide) groups is 1. The topological polar surface area (TPSA) is 39.9 Å². The van der Waals surface area contributed by atoms with Crippen molar-refractivity contribution < 1.29 is 18.9 Å². The number of rotatable bonds is 2. The minimum atomic E-state index is -0.355. The smallest absolute Gasteiger partial charge is 0.184 e. The van der Waals surface area contributed by atoms with Crippen molar-refractivity contribution in [1.29, 1.82) is 0 Å². The summed E-state index contributed by atoms with van der Waals surface area (Å²) >= 11 is 7.03. The monoisotopic (exact) mass is 353 g/mol. The lowest BCUT2D eigenvalue weighted by atomic mass is 10.0. The normalized spacial score (nSPS) is 38.6. The van der Waals surface area contributed by atoms with Gasteiger partial charge in [0.25, 0.3) is 0 Å². The van der Waals surface area contributed by atoms with Crippen molar-refractivity contribution in [3.63, 3.8) is 0 Å². The molecule has 6 atom stereocenters. The molecule has 3 saturated heterocycles. The summed E-state index contributed by atoms with van der Waals surface area (Å²) in [5, 5.41) is 0. The SMILES string of the molecule is CO[C@H]1O[C@H]2CO[C@H](c3ccccc3)O[C@@H]2[C@H]2[C@H]1N2C(=S)SC. The molecule has 3 heterocycles. The summed E-state index contributed by atoms with van der Waals surface area (Å²) in [6.45, 7) is 0.493. The van der Waals surface area contributed by atoms with Crippen LogP contribution in [-0.4, -0.2) is 59.8 Å². The fourth-order valence-electron chi connectivity index (χ4n) is 3.46. The lowest BCUT2D eigenvalue weighted by Crippen LogP contribution is -2.52. The molecule has 0 aliphatic carbocycles. The van der Waals surface area contributed by atoms with Gasteiger partial charge in [0, 0.05) is 12.7 Å². The van der Waals surface area contributed by atoms with Gasteiger partial charge in [-0.25, -0.2) is 0 Å². The summed E-state index contributed by atoms with van der Waals surface area (Å²) < 4.78 is 24.5. The predicted octanol–water partition coefficient (Wildman–Crippen LogP) is 2.17. The Kier molecular flexibility index (Phi) is 4.34. The molecule has 124 valence electrons. The fraction of sp³-hybridized carbons (Fsp3) is 0.562. The molecule has 0 spiro atoms. The molecule has 3 aliphatic heterocycles. The molecule has 1 aromatic rings. The second-order valence-electron chi connectivity index (χ2n) is 5.81. The van der Waals surface area contributed by atoms with Gasteiger partial charge in [-0.1, -0.05) is 42.5 Å². The lowest BCUT2D eigenvalue weighted by Gasteiger charge is -2.40. The maximum absolute atomic E-state index is 6.23. The van der Waals surface area contributed by atoms with E-state index >= 15 is 0 Å². The van der Waals surface area contributed by atoms with Crippen LogP contribution in [0.5, 0.6) is 0 Å². The van der Waals surface area contributed by atoms with E-state index in [1.165, 1.54) is 0 Å². The highest BCUT2D eigenvalue weighted by Gasteiger charge is 2.65. The number of benzene rings is 1. The van der Waals surface area contributed by atoms with Gasteiger partial charge < -0.3 is 23.8 Å². The van der Waals surface area contributed by atoms with Crippen LogP contribution in [0, 0.1) is 0 Å². The van der Waals surface area contributed by atoms with Gasteiger partial charge in [0.2, 0.25) is 0 Å². The van der Waals surface area contributed by atoms with Crippen molar-refractivity contribution in [2.24, 2.45) is 0 Å². The summed E-state index contributed by atoms with van der Waals surface area (Å²) in [5.41, 5.74) is 1.02. The van der Waals surface area contributed by atoms with E-state index in [0.29, 0.717) is 6.61 Å². The molecular formula is C16H19NO4S2. The predicted molar refractivity (Wildman–Crippen MR) is 91.2 cm³/mol. The molecule has 0 unspecified atom stereocenters. The third-order valence-electron chi connectivity index (χ3n) is 4.58. The van der Waals surface area contributed by atoms with Gasteiger partial charge in [-0.2, -0.15) is 0 Å². The van der Waals surface area contributed by atoms with Gasteiger partial charge >= 0.3 is 0 Å². The molecule has 0 bridgehead atoms. The zero-order valence-electron chi connectivity index (χ0n) is 13.0. The molecule has 1 aromatic carbocycles. The van der Waals surface area contributed by atoms with Gasteiger partial charge in [-0.3, -0.25) is 0 Å². The van der Waals surface area contributed by atoms with Crippen molar-refractivity contribution in [1.82, 2.24) is 4.90 Å². The lowest BCUT2D eigenvalue weighted by molar-refractivity contribution is -0.304. The standard InChI is InChI=1S/C16H19NO4S2/c1-18-15-12-11(17(12)16(22)23-2)13-10(20-15)8-19-14(21-13)9-6-4-3-5-7-9/h3-7,10-15H,8H2,1-2H3/t10-,11+,12+,13-,14-,15-,17?/m0/s1. The van der Waals surface area contributed by atoms with E-state index in [-0.39, 0.29) is 36.9 Å². The molecule has 0 amide bonds. The number of ether oxygens (including phenoxy) is 4. The van der Waals surface area contributed by atoms with Crippen LogP contribution in [0.1, 0.15) is 11.9 Å². The molecule has 4 rings (SSSR count). The number of thiocarbonyl (C=S) groups is 1. The largest absolute Gasteiger partial charge is 0.354 e. The first kappa shape index (κ1) is 15.8. The molecule has 0 saturated carbocycles. The van der Waals surface area contributed by atoms with Gasteiger partial charge in [-0.05, 0) is 6.26 Å². The van der Waals surface area contributed by atoms with Crippen LogP contribution in [0.2, 0.25) is 0 Å². The third-order valence-corrected chi connectivity index (χ3v) is 5.85. The quantitative estimate of drug-likeness (QED) is 0.596. The first-order valence-corrected chi connectivity index (χ1v) is 9.24. The Bertz CT molecular complexity index is 587. The Morgan fingerprint density at radius 1 is 1.26 bits per heavy atom. The van der Waals surface area contributed by atoms with Crippen molar-refractivity contribution >= 4 is 28.3 Å². The molecule has 3 fully saturated rings. The van der Waals surface area contributed by atoms with E-state index in [1.54, 1.807) is 18.9 Å². The second-order valence-corrected chi connectivity index (χ2v) is 7.25. The molecule has 0 aromatic heterocycles. The molecule has 0 radical (unpaired) electrons. The zero-order valence-corrected chi connectivity index (χ0v) is 14.6. The summed E-state index contributed by atoms with van der Waals surface area (Å²) in [6, 6.07) is 10.3. The molecule has 23 heavy (non-hydrogen) atoms. The van der Waals surface area contributed by atoms with Gasteiger partial charge in [0.05, 0.1) is 12.6 Å². The Morgan fingerprint density at radius 3 is 2.74 bits per heavy atom. The van der Waals surface area contributed by atoms with Crippen LogP contribution >= 0.6 is 24.0 Å². The summed E-state index contributed by atoms with van der Waals surface area (Å²) in [7, 11) is 1.66. The van der Waals surface area contributed by atoms with E-state index in [1.807, 2.05) is 36.6 Å². The highest BCUT2D eigenvalue weighted by molar-refractivity contribution is 8.22. The van der Waals surface area contributed by atoms with Crippen molar-refractivity contribution in [2.75, 3.05) is 20.0 Å². The van der Waals surface area contributed by atoms with Crippen molar-refractivity contribution in [3.8, 4) is 0 Å². The number of fused-ring (bicyclic) bond motifs is 3. The molecular weight excluding hydrogens is 334 g/mol. The van der Waals surface area contributed by atoms with E-state index < -0.39 is 0 Å². The average molecular weight is 353 g/mol. The maximum Gasteiger partial charge on any atom is 0.184 e. The number of nitrogens with zero attached hydrogens (tertiary/aromatic N) is 1. The zero-order chi connectivity index (χ0) is 16.0. The first-order chi connectivity index (χ1) is 11.2. The Balaban J connectivity index is 1.54. The number of hydrogen-bond donors (Lipinski definition) is 0. The van der Waals surface area contributed by atoms with Crippen LogP contribution in [-0.2, 0) is 18.9 Å². The Labute approximate surface area is 145 Å². The van der Waals surface area contributed by atoms with Crippen LogP contribution in [0.3, 0.4) is 0 Å². The maximum atomic E-state index is 6.23. The molecule has 0 N–H and O–H groups in total. The molecule has 5 nitrogen and oxygen atoms in total. The van der Waals surface area contributed by atoms with Crippen LogP contribution in [0.15, 0.2) is 30.3 Å². The third kappa shape index (κ3) is 2.69. The van der Waals surface area contributed by atoms with Gasteiger partial charge in [0.15, 0.2) is 12.6 Å². The van der Waals surface area contributed by atoms with Crippen molar-refractivity contribution in [3.05, 3.63) is 35.9 Å². The summed E-state index contributed by atoms with van der Waals surface area (Å²) in [5.74, 6) is 0. The minimum Gasteiger partial charge on any atom is -0.354 e. The van der Waals surface area contributed by atoms with Crippen LogP contribution < -0.4 is 0 Å². The Hall–Kier alpha value is -0.700. The number of methoxy groups -OCH3 is 1. The van der Waals surface area contributed by atoms with Crippen molar-refractivity contribution in [2.45, 2.75) is 36.9 Å². The Morgan fingerprint density at radius 2 is 2.04 bits per heavy atom. The van der Waals surface area contributed by atoms with E-state index in [9.17, 15) is 0 Å². The summed E-state index contributed by atoms with van der Waals surface area (Å²) in [6.07, 6.45) is 1.16. The highest BCUT2D eigenvalue weighted by atomic mass is 32.2. The second kappa shape index (κ2) is 6.31. The van der Waals surface area contributed by atoms with Gasteiger partial charge in [-0.15, -0.1) is 11.8 Å². The van der Waals surface area contributed by atoms with Crippen LogP contribution in [0.25, 0.3) is 0 Å². The first-order valence-electron chi connectivity index (χ1n) is 7.61. The average Bonchev–Trinajstić information content (AvgIpc) is 3.36.